The van der Waals surface area contributed by atoms with E-state index in [1.807, 2.05) is 0 Å². The van der Waals surface area contributed by atoms with E-state index in [1.165, 1.54) is 32.2 Å². The van der Waals surface area contributed by atoms with Crippen molar-refractivity contribution in [3.63, 3.8) is 0 Å². The molecule has 2 N–H and O–H groups in total. The minimum atomic E-state index is -3.93. The van der Waals surface area contributed by atoms with Crippen molar-refractivity contribution in [1.82, 2.24) is 10.0 Å². The number of sulfonamides is 1. The minimum absolute atomic E-state index is 0.0990. The van der Waals surface area contributed by atoms with Crippen LogP contribution in [-0.2, 0) is 14.8 Å². The van der Waals surface area contributed by atoms with Crippen LogP contribution in [0, 0.1) is 0 Å². The number of unbranched alkanes of at least 4 members (excludes halogenated alkanes) is 2. The number of hydrogen-bond acceptors (Lipinski definition) is 4. The number of carbonyl (C=O) groups excluding carboxylic acids is 1. The topological polar surface area (TPSA) is 84.5 Å². The molecule has 0 unspecified atom stereocenters. The number of benzene rings is 1. The Morgan fingerprint density at radius 1 is 1.35 bits per heavy atom. The number of rotatable bonds is 9. The quantitative estimate of drug-likeness (QED) is 0.660. The number of halogens is 1. The third-order valence-electron chi connectivity index (χ3n) is 3.22. The summed E-state index contributed by atoms with van der Waals surface area (Å²) in [5.41, 5.74) is 0. The third-order valence-corrected chi connectivity index (χ3v) is 5.02. The molecule has 23 heavy (non-hydrogen) atoms. The average Bonchev–Trinajstić information content (AvgIpc) is 2.50. The summed E-state index contributed by atoms with van der Waals surface area (Å²) in [4.78, 5) is 11.8. The highest BCUT2D eigenvalue weighted by molar-refractivity contribution is 7.89. The molecule has 1 atom stereocenters. The molecular formula is C15H23ClN2O4S. The van der Waals surface area contributed by atoms with E-state index in [4.69, 9.17) is 16.3 Å². The molecule has 8 heteroatoms. The first-order valence-corrected chi connectivity index (χ1v) is 9.31. The first-order chi connectivity index (χ1) is 10.8. The Kier molecular flexibility index (Phi) is 7.81. The smallest absolute Gasteiger partial charge is 0.245 e. The molecule has 130 valence electrons. The van der Waals surface area contributed by atoms with Gasteiger partial charge in [-0.05, 0) is 31.5 Å². The second-order valence-corrected chi connectivity index (χ2v) is 7.26. The van der Waals surface area contributed by atoms with Gasteiger partial charge in [0.2, 0.25) is 15.9 Å². The summed E-state index contributed by atoms with van der Waals surface area (Å²) in [7, 11) is -2.56. The van der Waals surface area contributed by atoms with Crippen molar-refractivity contribution in [3.05, 3.63) is 23.2 Å². The second-order valence-electron chi connectivity index (χ2n) is 5.14. The Hall–Kier alpha value is -1.31. The number of amides is 1. The van der Waals surface area contributed by atoms with E-state index in [1.54, 1.807) is 0 Å². The van der Waals surface area contributed by atoms with Gasteiger partial charge in [-0.25, -0.2) is 8.42 Å². The predicted molar refractivity (Wildman–Crippen MR) is 90.3 cm³/mol. The Morgan fingerprint density at radius 3 is 2.65 bits per heavy atom. The van der Waals surface area contributed by atoms with Crippen molar-refractivity contribution in [2.24, 2.45) is 0 Å². The van der Waals surface area contributed by atoms with Crippen molar-refractivity contribution in [1.29, 1.82) is 0 Å². The fourth-order valence-electron chi connectivity index (χ4n) is 1.95. The molecule has 0 saturated heterocycles. The highest BCUT2D eigenvalue weighted by Crippen LogP contribution is 2.26. The highest BCUT2D eigenvalue weighted by Gasteiger charge is 2.25. The van der Waals surface area contributed by atoms with Gasteiger partial charge in [0.1, 0.15) is 10.6 Å². The fraction of sp³-hybridized carbons (Fsp3) is 0.533. The fourth-order valence-corrected chi connectivity index (χ4v) is 3.58. The molecule has 0 heterocycles. The molecule has 1 aromatic rings. The standard InChI is InChI=1S/C15H23ClN2O4S/c1-4-5-6-9-17-15(19)11(2)18-23(20,21)14-10-12(16)7-8-13(14)22-3/h7-8,10-11,18H,4-6,9H2,1-3H3,(H,17,19)/t11-/m0/s1. The zero-order valence-electron chi connectivity index (χ0n) is 13.6. The van der Waals surface area contributed by atoms with Gasteiger partial charge < -0.3 is 10.1 Å². The Bertz CT molecular complexity index is 634. The van der Waals surface area contributed by atoms with Crippen molar-refractivity contribution in [2.45, 2.75) is 44.0 Å². The van der Waals surface area contributed by atoms with Crippen LogP contribution in [0.5, 0.6) is 5.75 Å². The maximum Gasteiger partial charge on any atom is 0.245 e. The Morgan fingerprint density at radius 2 is 2.04 bits per heavy atom. The van der Waals surface area contributed by atoms with Crippen molar-refractivity contribution >= 4 is 27.5 Å². The van der Waals surface area contributed by atoms with E-state index in [-0.39, 0.29) is 21.6 Å². The molecule has 0 radical (unpaired) electrons. The lowest BCUT2D eigenvalue weighted by molar-refractivity contribution is -0.122. The van der Waals surface area contributed by atoms with Crippen LogP contribution in [0.2, 0.25) is 5.02 Å². The maximum absolute atomic E-state index is 12.4. The lowest BCUT2D eigenvalue weighted by Gasteiger charge is -2.16. The zero-order chi connectivity index (χ0) is 17.5. The van der Waals surface area contributed by atoms with E-state index in [0.29, 0.717) is 6.54 Å². The van der Waals surface area contributed by atoms with Crippen LogP contribution >= 0.6 is 11.6 Å². The van der Waals surface area contributed by atoms with Gasteiger partial charge in [0.25, 0.3) is 0 Å². The Labute approximate surface area is 142 Å². The second kappa shape index (κ2) is 9.10. The summed E-state index contributed by atoms with van der Waals surface area (Å²) >= 11 is 5.85. The average molecular weight is 363 g/mol. The summed E-state index contributed by atoms with van der Waals surface area (Å²) < 4.78 is 32.2. The number of ether oxygens (including phenoxy) is 1. The molecule has 1 aromatic carbocycles. The molecule has 1 amide bonds. The Balaban J connectivity index is 2.78. The summed E-state index contributed by atoms with van der Waals surface area (Å²) in [6, 6.07) is 3.38. The van der Waals surface area contributed by atoms with Gasteiger partial charge in [0.15, 0.2) is 0 Å². The van der Waals surface area contributed by atoms with E-state index in [2.05, 4.69) is 17.0 Å². The molecule has 0 saturated carbocycles. The van der Waals surface area contributed by atoms with Crippen molar-refractivity contribution in [2.75, 3.05) is 13.7 Å². The number of methoxy groups -OCH3 is 1. The van der Waals surface area contributed by atoms with E-state index >= 15 is 0 Å². The van der Waals surface area contributed by atoms with Crippen LogP contribution in [0.15, 0.2) is 23.1 Å². The lowest BCUT2D eigenvalue weighted by Crippen LogP contribution is -2.45. The molecule has 0 aliphatic carbocycles. The van der Waals surface area contributed by atoms with Gasteiger partial charge in [0.05, 0.1) is 13.2 Å². The summed E-state index contributed by atoms with van der Waals surface area (Å²) in [5.74, 6) is -0.205. The van der Waals surface area contributed by atoms with Crippen LogP contribution in [-0.4, -0.2) is 34.0 Å². The van der Waals surface area contributed by atoms with Gasteiger partial charge in [-0.2, -0.15) is 4.72 Å². The number of hydrogen-bond donors (Lipinski definition) is 2. The van der Waals surface area contributed by atoms with Crippen LogP contribution in [0.1, 0.15) is 33.1 Å². The number of carbonyl (C=O) groups is 1. The molecular weight excluding hydrogens is 340 g/mol. The molecule has 0 aromatic heterocycles. The van der Waals surface area contributed by atoms with E-state index in [9.17, 15) is 13.2 Å². The zero-order valence-corrected chi connectivity index (χ0v) is 15.1. The molecule has 0 spiro atoms. The first-order valence-electron chi connectivity index (χ1n) is 7.45. The lowest BCUT2D eigenvalue weighted by atomic mass is 10.2. The maximum atomic E-state index is 12.4. The number of nitrogens with one attached hydrogen (secondary N) is 2. The van der Waals surface area contributed by atoms with Gasteiger partial charge in [-0.1, -0.05) is 31.4 Å². The van der Waals surface area contributed by atoms with Gasteiger partial charge in [-0.15, -0.1) is 0 Å². The van der Waals surface area contributed by atoms with Gasteiger partial charge >= 0.3 is 0 Å². The third kappa shape index (κ3) is 6.01. The van der Waals surface area contributed by atoms with E-state index < -0.39 is 16.1 Å². The monoisotopic (exact) mass is 362 g/mol. The largest absolute Gasteiger partial charge is 0.495 e. The molecule has 1 rings (SSSR count). The highest BCUT2D eigenvalue weighted by atomic mass is 35.5. The van der Waals surface area contributed by atoms with Crippen molar-refractivity contribution in [3.8, 4) is 5.75 Å². The molecule has 0 aliphatic rings. The molecule has 0 aliphatic heterocycles. The van der Waals surface area contributed by atoms with Crippen LogP contribution in [0.4, 0.5) is 0 Å². The van der Waals surface area contributed by atoms with Gasteiger partial charge in [-0.3, -0.25) is 4.79 Å². The molecule has 0 fully saturated rings. The summed E-state index contributed by atoms with van der Waals surface area (Å²) in [6.07, 6.45) is 2.93. The van der Waals surface area contributed by atoms with Crippen LogP contribution in [0.25, 0.3) is 0 Å². The van der Waals surface area contributed by atoms with Crippen LogP contribution < -0.4 is 14.8 Å². The van der Waals surface area contributed by atoms with Crippen LogP contribution in [0.3, 0.4) is 0 Å². The normalized spacial score (nSPS) is 12.7. The molecule has 0 bridgehead atoms. The summed E-state index contributed by atoms with van der Waals surface area (Å²) in [6.45, 7) is 4.08. The van der Waals surface area contributed by atoms with E-state index in [0.717, 1.165) is 19.3 Å². The molecule has 6 nitrogen and oxygen atoms in total. The SMILES string of the molecule is CCCCCNC(=O)[C@H](C)NS(=O)(=O)c1cc(Cl)ccc1OC. The summed E-state index contributed by atoms with van der Waals surface area (Å²) in [5, 5.41) is 2.97. The predicted octanol–water partition coefficient (Wildman–Crippen LogP) is 2.32. The minimum Gasteiger partial charge on any atom is -0.495 e. The van der Waals surface area contributed by atoms with Gasteiger partial charge in [0, 0.05) is 11.6 Å². The van der Waals surface area contributed by atoms with Crippen molar-refractivity contribution < 1.29 is 17.9 Å². The first kappa shape index (κ1) is 19.7.